The molecule has 0 saturated carbocycles. The second kappa shape index (κ2) is 13.0. The summed E-state index contributed by atoms with van der Waals surface area (Å²) in [6.45, 7) is 9.73. The summed E-state index contributed by atoms with van der Waals surface area (Å²) in [4.78, 5) is 45.5. The summed E-state index contributed by atoms with van der Waals surface area (Å²) in [6, 6.07) is 8.20. The van der Waals surface area contributed by atoms with Gasteiger partial charge in [-0.05, 0) is 81.6 Å². The first-order valence-corrected chi connectivity index (χ1v) is 15.5. The molecule has 12 heteroatoms. The Kier molecular flexibility index (Phi) is 8.78. The van der Waals surface area contributed by atoms with Crippen LogP contribution in [0.15, 0.2) is 60.3 Å². The van der Waals surface area contributed by atoms with E-state index in [0.29, 0.717) is 54.6 Å². The molecule has 4 aliphatic rings. The van der Waals surface area contributed by atoms with Crippen molar-refractivity contribution in [2.45, 2.75) is 38.3 Å². The van der Waals surface area contributed by atoms with Gasteiger partial charge < -0.3 is 31.1 Å². The Hall–Kier alpha value is -4.45. The number of likely N-dealkylation sites (tertiary alicyclic amines) is 1. The second-order valence-corrected chi connectivity index (χ2v) is 12.1. The quantitative estimate of drug-likeness (QED) is 0.340. The van der Waals surface area contributed by atoms with E-state index >= 15 is 0 Å². The Morgan fingerprint density at radius 3 is 2.57 bits per heavy atom. The molecule has 232 valence electrons. The van der Waals surface area contributed by atoms with Crippen LogP contribution in [0.2, 0.25) is 0 Å². The largest absolute Gasteiger partial charge is 0.371 e. The van der Waals surface area contributed by atoms with Crippen molar-refractivity contribution in [2.24, 2.45) is 10.4 Å². The number of carbonyl (C=O) groups is 2. The summed E-state index contributed by atoms with van der Waals surface area (Å²) in [7, 11) is 2.23. The van der Waals surface area contributed by atoms with Crippen LogP contribution in [-0.4, -0.2) is 96.6 Å². The number of amidine groups is 1. The van der Waals surface area contributed by atoms with Crippen LogP contribution in [0.25, 0.3) is 0 Å². The van der Waals surface area contributed by atoms with Crippen LogP contribution in [-0.2, 0) is 0 Å². The molecule has 0 aliphatic carbocycles. The minimum atomic E-state index is -0.408. The molecule has 3 amide bonds. The van der Waals surface area contributed by atoms with Crippen molar-refractivity contribution in [3.63, 3.8) is 0 Å². The van der Waals surface area contributed by atoms with Crippen LogP contribution in [0.1, 0.15) is 42.5 Å². The lowest BCUT2D eigenvalue weighted by atomic mass is 9.71. The Balaban J connectivity index is 1.14. The van der Waals surface area contributed by atoms with E-state index < -0.39 is 6.17 Å². The Labute approximate surface area is 258 Å². The van der Waals surface area contributed by atoms with Gasteiger partial charge in [0, 0.05) is 56.7 Å². The first-order valence-electron chi connectivity index (χ1n) is 15.5. The Bertz CT molecular complexity index is 1420. The molecule has 2 aromatic rings. The lowest BCUT2D eigenvalue weighted by molar-refractivity contribution is 0.0944. The van der Waals surface area contributed by atoms with Gasteiger partial charge in [0.05, 0.1) is 0 Å². The van der Waals surface area contributed by atoms with Crippen molar-refractivity contribution in [1.82, 2.24) is 30.4 Å². The Morgan fingerprint density at radius 2 is 1.86 bits per heavy atom. The number of benzene rings is 1. The third kappa shape index (κ3) is 6.70. The van der Waals surface area contributed by atoms with Gasteiger partial charge in [0.25, 0.3) is 5.91 Å². The summed E-state index contributed by atoms with van der Waals surface area (Å²) >= 11 is 0. The predicted octanol–water partition coefficient (Wildman–Crippen LogP) is 3.57. The SMILES string of the molecule is C=CCNC(=O)c1cnc(Nc2ccc(N3CCC4(CCN(C)CC4)CC3)cc2)nc1NC1CC=CC(N2CCNC2=O)=N1. The maximum Gasteiger partial charge on any atom is 0.323 e. The topological polar surface area (TPSA) is 130 Å². The molecule has 44 heavy (non-hydrogen) atoms. The van der Waals surface area contributed by atoms with Crippen molar-refractivity contribution in [2.75, 3.05) is 68.4 Å². The molecular weight excluding hydrogens is 556 g/mol. The second-order valence-electron chi connectivity index (χ2n) is 12.1. The number of amides is 3. The van der Waals surface area contributed by atoms with E-state index in [0.717, 1.165) is 18.8 Å². The number of hydrogen-bond donors (Lipinski definition) is 4. The van der Waals surface area contributed by atoms with E-state index in [1.54, 1.807) is 11.0 Å². The molecule has 12 nitrogen and oxygen atoms in total. The van der Waals surface area contributed by atoms with E-state index in [1.165, 1.54) is 50.7 Å². The number of carbonyl (C=O) groups excluding carboxylic acids is 2. The fourth-order valence-corrected chi connectivity index (χ4v) is 6.35. The average Bonchev–Trinajstić information content (AvgIpc) is 3.48. The van der Waals surface area contributed by atoms with Crippen LogP contribution >= 0.6 is 0 Å². The lowest BCUT2D eigenvalue weighted by Gasteiger charge is -2.46. The molecule has 1 atom stereocenters. The van der Waals surface area contributed by atoms with Gasteiger partial charge in [-0.2, -0.15) is 4.98 Å². The molecule has 3 saturated heterocycles. The van der Waals surface area contributed by atoms with Crippen LogP contribution in [0.5, 0.6) is 0 Å². The van der Waals surface area contributed by atoms with Gasteiger partial charge in [-0.3, -0.25) is 9.69 Å². The summed E-state index contributed by atoms with van der Waals surface area (Å²) in [5, 5.41) is 12.2. The highest BCUT2D eigenvalue weighted by atomic mass is 16.2. The zero-order valence-corrected chi connectivity index (χ0v) is 25.4. The van der Waals surface area contributed by atoms with Gasteiger partial charge in [0.15, 0.2) is 0 Å². The highest BCUT2D eigenvalue weighted by Crippen LogP contribution is 2.42. The predicted molar refractivity (Wildman–Crippen MR) is 174 cm³/mol. The number of aliphatic imine (C=N–C) groups is 1. The average molecular weight is 599 g/mol. The van der Waals surface area contributed by atoms with Crippen LogP contribution in [0, 0.1) is 5.41 Å². The third-order valence-electron chi connectivity index (χ3n) is 9.15. The van der Waals surface area contributed by atoms with E-state index in [9.17, 15) is 9.59 Å². The van der Waals surface area contributed by atoms with Crippen LogP contribution in [0.4, 0.5) is 27.9 Å². The number of nitrogens with zero attached hydrogens (tertiary/aromatic N) is 6. The number of piperidine rings is 2. The molecule has 1 aromatic heterocycles. The first kappa shape index (κ1) is 29.6. The summed E-state index contributed by atoms with van der Waals surface area (Å²) in [5.74, 6) is 0.966. The zero-order valence-electron chi connectivity index (χ0n) is 25.4. The highest BCUT2D eigenvalue weighted by molar-refractivity contribution is 6.05. The van der Waals surface area contributed by atoms with E-state index in [2.05, 4.69) is 66.8 Å². The fraction of sp³-hybridized carbons (Fsp3) is 0.469. The maximum absolute atomic E-state index is 12.9. The lowest BCUT2D eigenvalue weighted by Crippen LogP contribution is -2.46. The standard InChI is InChI=1S/C32H42N10O2/c1-3-15-33-29(43)25-22-35-30(39-28(25)38-26-5-4-6-27(37-26)42-21-16-34-31(42)44)36-23-7-9-24(10-8-23)41-19-13-32(14-20-41)11-17-40(2)18-12-32/h3-4,6-10,22,26H,1,5,11-21H2,2H3,(H,33,43)(H,34,44)(H2,35,36,38,39). The molecule has 1 unspecified atom stereocenters. The molecular formula is C32H42N10O2. The van der Waals surface area contributed by atoms with Crippen molar-refractivity contribution < 1.29 is 9.59 Å². The van der Waals surface area contributed by atoms with Crippen molar-refractivity contribution in [3.8, 4) is 0 Å². The summed E-state index contributed by atoms with van der Waals surface area (Å²) in [5.41, 5.74) is 2.90. The van der Waals surface area contributed by atoms with Crippen LogP contribution in [0.3, 0.4) is 0 Å². The number of aromatic nitrogens is 2. The van der Waals surface area contributed by atoms with Crippen LogP contribution < -0.4 is 26.2 Å². The van der Waals surface area contributed by atoms with Gasteiger partial charge in [0.1, 0.15) is 23.4 Å². The molecule has 4 N–H and O–H groups in total. The molecule has 4 aliphatic heterocycles. The Morgan fingerprint density at radius 1 is 1.11 bits per heavy atom. The van der Waals surface area contributed by atoms with Gasteiger partial charge in [-0.15, -0.1) is 6.58 Å². The monoisotopic (exact) mass is 598 g/mol. The van der Waals surface area contributed by atoms with Gasteiger partial charge in [-0.1, -0.05) is 12.2 Å². The minimum absolute atomic E-state index is 0.167. The molecule has 0 bridgehead atoms. The molecule has 1 spiro atoms. The first-order chi connectivity index (χ1) is 21.4. The highest BCUT2D eigenvalue weighted by Gasteiger charge is 2.36. The number of nitrogens with one attached hydrogen (secondary N) is 4. The third-order valence-corrected chi connectivity index (χ3v) is 9.15. The fourth-order valence-electron chi connectivity index (χ4n) is 6.35. The van der Waals surface area contributed by atoms with Crippen molar-refractivity contribution in [3.05, 3.63) is 60.8 Å². The van der Waals surface area contributed by atoms with Gasteiger partial charge in [-0.25, -0.2) is 14.8 Å². The normalized spacial score (nSPS) is 21.5. The summed E-state index contributed by atoms with van der Waals surface area (Å²) < 4.78 is 0. The van der Waals surface area contributed by atoms with Gasteiger partial charge in [0.2, 0.25) is 5.95 Å². The zero-order chi connectivity index (χ0) is 30.5. The molecule has 6 rings (SSSR count). The van der Waals surface area contributed by atoms with E-state index in [-0.39, 0.29) is 11.9 Å². The maximum atomic E-state index is 12.9. The molecule has 1 aromatic carbocycles. The number of rotatable bonds is 8. The van der Waals surface area contributed by atoms with E-state index in [1.807, 2.05) is 24.3 Å². The number of hydrogen-bond acceptors (Lipinski definition) is 9. The van der Waals surface area contributed by atoms with Crippen molar-refractivity contribution >= 4 is 40.9 Å². The number of dihydropyridines is 1. The van der Waals surface area contributed by atoms with Gasteiger partial charge >= 0.3 is 6.03 Å². The summed E-state index contributed by atoms with van der Waals surface area (Å²) in [6.07, 6.45) is 12.2. The molecule has 0 radical (unpaired) electrons. The smallest absolute Gasteiger partial charge is 0.323 e. The van der Waals surface area contributed by atoms with Crippen molar-refractivity contribution in [1.29, 1.82) is 0 Å². The molecule has 5 heterocycles. The number of urea groups is 1. The molecule has 3 fully saturated rings. The van der Waals surface area contributed by atoms with E-state index in [4.69, 9.17) is 4.99 Å². The minimum Gasteiger partial charge on any atom is -0.371 e. The number of anilines is 4.